The summed E-state index contributed by atoms with van der Waals surface area (Å²) in [7, 11) is 0. The van der Waals surface area contributed by atoms with E-state index in [4.69, 9.17) is 4.74 Å². The van der Waals surface area contributed by atoms with Crippen LogP contribution in [0.2, 0.25) is 0 Å². The molecule has 0 aromatic heterocycles. The molecule has 1 saturated heterocycles. The van der Waals surface area contributed by atoms with E-state index >= 15 is 0 Å². The number of piperidine rings is 1. The van der Waals surface area contributed by atoms with Gasteiger partial charge in [0, 0.05) is 0 Å². The fourth-order valence-electron chi connectivity index (χ4n) is 2.76. The molecule has 5 nitrogen and oxygen atoms in total. The Kier molecular flexibility index (Phi) is 5.96. The number of halogens is 1. The largest absolute Gasteiger partial charge is 0.443 e. The Morgan fingerprint density at radius 3 is 2.43 bits per heavy atom. The maximum absolute atomic E-state index is 13.2. The van der Waals surface area contributed by atoms with Gasteiger partial charge in [0.2, 0.25) is 0 Å². The monoisotopic (exact) mass is 323 g/mol. The van der Waals surface area contributed by atoms with Crippen molar-refractivity contribution in [3.63, 3.8) is 0 Å². The zero-order chi connectivity index (χ0) is 16.9. The molecule has 0 bridgehead atoms. The molecule has 0 spiro atoms. The Labute approximate surface area is 137 Å². The van der Waals surface area contributed by atoms with Gasteiger partial charge in [-0.15, -0.1) is 0 Å². The van der Waals surface area contributed by atoms with Crippen LogP contribution in [0.4, 0.5) is 9.18 Å². The van der Waals surface area contributed by atoms with E-state index < -0.39 is 11.7 Å². The minimum absolute atomic E-state index is 0.0785. The van der Waals surface area contributed by atoms with Gasteiger partial charge in [0.1, 0.15) is 11.4 Å². The van der Waals surface area contributed by atoms with Crippen molar-refractivity contribution in [3.05, 3.63) is 35.6 Å². The molecule has 0 unspecified atom stereocenters. The van der Waals surface area contributed by atoms with E-state index in [9.17, 15) is 9.18 Å². The van der Waals surface area contributed by atoms with Gasteiger partial charge in [-0.2, -0.15) is 0 Å². The van der Waals surface area contributed by atoms with Gasteiger partial charge in [-0.05, 0) is 70.3 Å². The highest BCUT2D eigenvalue weighted by molar-refractivity contribution is 5.67. The fourth-order valence-corrected chi connectivity index (χ4v) is 2.76. The first-order valence-corrected chi connectivity index (χ1v) is 8.06. The van der Waals surface area contributed by atoms with E-state index in [1.54, 1.807) is 12.1 Å². The molecule has 1 aliphatic rings. The highest BCUT2D eigenvalue weighted by Crippen LogP contribution is 2.28. The van der Waals surface area contributed by atoms with Crippen molar-refractivity contribution in [2.24, 2.45) is 5.92 Å². The minimum Gasteiger partial charge on any atom is -0.443 e. The van der Waals surface area contributed by atoms with E-state index in [0.717, 1.165) is 31.5 Å². The van der Waals surface area contributed by atoms with Crippen LogP contribution in [0.1, 0.15) is 45.2 Å². The summed E-state index contributed by atoms with van der Waals surface area (Å²) in [5.41, 5.74) is 6.10. The summed E-state index contributed by atoms with van der Waals surface area (Å²) in [6.45, 7) is 7.33. The summed E-state index contributed by atoms with van der Waals surface area (Å²) in [6.07, 6.45) is 1.47. The van der Waals surface area contributed by atoms with E-state index in [0.29, 0.717) is 5.92 Å². The number of benzene rings is 1. The molecule has 0 saturated carbocycles. The lowest BCUT2D eigenvalue weighted by Crippen LogP contribution is -2.46. The van der Waals surface area contributed by atoms with Crippen molar-refractivity contribution < 1.29 is 13.9 Å². The van der Waals surface area contributed by atoms with Crippen LogP contribution in [0.3, 0.4) is 0 Å². The Morgan fingerprint density at radius 1 is 1.26 bits per heavy atom. The molecular formula is C17H26FN3O2. The number of carbonyl (C=O) groups excluding carboxylic acids is 1. The van der Waals surface area contributed by atoms with Gasteiger partial charge in [0.25, 0.3) is 0 Å². The van der Waals surface area contributed by atoms with Gasteiger partial charge in [-0.3, -0.25) is 5.43 Å². The van der Waals surface area contributed by atoms with Crippen molar-refractivity contribution in [2.45, 2.75) is 45.3 Å². The highest BCUT2D eigenvalue weighted by Gasteiger charge is 2.26. The number of carbonyl (C=O) groups is 1. The number of ether oxygens (including phenoxy) is 1. The van der Waals surface area contributed by atoms with Crippen LogP contribution in [0.25, 0.3) is 0 Å². The van der Waals surface area contributed by atoms with E-state index in [-0.39, 0.29) is 11.9 Å². The molecule has 1 aromatic carbocycles. The Morgan fingerprint density at radius 2 is 1.87 bits per heavy atom. The number of amides is 1. The van der Waals surface area contributed by atoms with Crippen molar-refractivity contribution in [1.29, 1.82) is 0 Å². The van der Waals surface area contributed by atoms with Crippen LogP contribution < -0.4 is 16.2 Å². The van der Waals surface area contributed by atoms with Gasteiger partial charge in [0.15, 0.2) is 0 Å². The van der Waals surface area contributed by atoms with Crippen molar-refractivity contribution in [3.8, 4) is 0 Å². The van der Waals surface area contributed by atoms with E-state index in [2.05, 4.69) is 16.2 Å². The Hall–Kier alpha value is -1.66. The van der Waals surface area contributed by atoms with Crippen LogP contribution in [0.5, 0.6) is 0 Å². The van der Waals surface area contributed by atoms with Crippen molar-refractivity contribution in [1.82, 2.24) is 16.2 Å². The first-order valence-electron chi connectivity index (χ1n) is 8.06. The minimum atomic E-state index is -0.550. The second kappa shape index (κ2) is 7.75. The number of hydrazine groups is 1. The molecule has 1 atom stereocenters. The van der Waals surface area contributed by atoms with Crippen LogP contribution in [-0.2, 0) is 4.74 Å². The number of hydrogen-bond donors (Lipinski definition) is 3. The molecule has 6 heteroatoms. The van der Waals surface area contributed by atoms with Crippen LogP contribution in [0.15, 0.2) is 24.3 Å². The molecule has 23 heavy (non-hydrogen) atoms. The molecule has 1 aromatic rings. The molecule has 0 radical (unpaired) electrons. The average molecular weight is 323 g/mol. The summed E-state index contributed by atoms with van der Waals surface area (Å²) >= 11 is 0. The molecule has 128 valence electrons. The second-order valence-electron chi connectivity index (χ2n) is 6.89. The quantitative estimate of drug-likeness (QED) is 0.746. The molecule has 1 heterocycles. The number of nitrogens with one attached hydrogen (secondary N) is 3. The molecule has 1 fully saturated rings. The van der Waals surface area contributed by atoms with E-state index in [1.165, 1.54) is 12.1 Å². The molecule has 1 amide bonds. The predicted octanol–water partition coefficient (Wildman–Crippen LogP) is 2.90. The van der Waals surface area contributed by atoms with Crippen LogP contribution in [0, 0.1) is 11.7 Å². The first kappa shape index (κ1) is 17.7. The fraction of sp³-hybridized carbons (Fsp3) is 0.588. The maximum Gasteiger partial charge on any atom is 0.422 e. The number of hydrogen-bond acceptors (Lipinski definition) is 4. The normalized spacial score (nSPS) is 17.6. The molecule has 0 aliphatic carbocycles. The molecule has 1 aliphatic heterocycles. The van der Waals surface area contributed by atoms with Gasteiger partial charge < -0.3 is 10.1 Å². The summed E-state index contributed by atoms with van der Waals surface area (Å²) < 4.78 is 18.4. The lowest BCUT2D eigenvalue weighted by atomic mass is 9.86. The maximum atomic E-state index is 13.2. The Bertz CT molecular complexity index is 508. The van der Waals surface area contributed by atoms with Crippen molar-refractivity contribution >= 4 is 6.09 Å². The van der Waals surface area contributed by atoms with Crippen LogP contribution >= 0.6 is 0 Å². The standard InChI is InChI=1S/C17H26FN3O2/c1-17(2,3)23-16(22)21-20-15(13-8-10-19-11-9-13)12-4-6-14(18)7-5-12/h4-7,13,15,19-20H,8-11H2,1-3H3,(H,21,22)/t15-/m1/s1. The predicted molar refractivity (Wildman–Crippen MR) is 87.2 cm³/mol. The molecular weight excluding hydrogens is 297 g/mol. The smallest absolute Gasteiger partial charge is 0.422 e. The summed E-state index contributed by atoms with van der Waals surface area (Å²) in [5.74, 6) is 0.0922. The Balaban J connectivity index is 2.04. The van der Waals surface area contributed by atoms with Gasteiger partial charge >= 0.3 is 6.09 Å². The van der Waals surface area contributed by atoms with Crippen molar-refractivity contribution in [2.75, 3.05) is 13.1 Å². The van der Waals surface area contributed by atoms with Gasteiger partial charge in [-0.1, -0.05) is 12.1 Å². The third-order valence-corrected chi connectivity index (χ3v) is 3.81. The van der Waals surface area contributed by atoms with E-state index in [1.807, 2.05) is 20.8 Å². The third-order valence-electron chi connectivity index (χ3n) is 3.81. The third kappa shape index (κ3) is 5.80. The topological polar surface area (TPSA) is 62.4 Å². The zero-order valence-electron chi connectivity index (χ0n) is 14.0. The lowest BCUT2D eigenvalue weighted by Gasteiger charge is -2.32. The second-order valence-corrected chi connectivity index (χ2v) is 6.89. The highest BCUT2D eigenvalue weighted by atomic mass is 19.1. The SMILES string of the molecule is CC(C)(C)OC(=O)NN[C@H](c1ccc(F)cc1)C1CCNCC1. The van der Waals surface area contributed by atoms with Crippen LogP contribution in [-0.4, -0.2) is 24.8 Å². The zero-order valence-corrected chi connectivity index (χ0v) is 14.0. The average Bonchev–Trinajstić information content (AvgIpc) is 2.48. The first-order chi connectivity index (χ1) is 10.8. The lowest BCUT2D eigenvalue weighted by molar-refractivity contribution is 0.0475. The summed E-state index contributed by atoms with van der Waals surface area (Å²) in [4.78, 5) is 11.9. The van der Waals surface area contributed by atoms with Gasteiger partial charge in [-0.25, -0.2) is 14.6 Å². The summed E-state index contributed by atoms with van der Waals surface area (Å²) in [5, 5.41) is 3.33. The molecule has 3 N–H and O–H groups in total. The van der Waals surface area contributed by atoms with Gasteiger partial charge in [0.05, 0.1) is 6.04 Å². The molecule has 2 rings (SSSR count). The number of rotatable bonds is 4. The summed E-state index contributed by atoms with van der Waals surface area (Å²) in [6, 6.07) is 6.32.